The lowest BCUT2D eigenvalue weighted by atomic mass is 9.97. The van der Waals surface area contributed by atoms with Crippen LogP contribution in [0.3, 0.4) is 0 Å². The minimum absolute atomic E-state index is 0.422. The second-order valence-corrected chi connectivity index (χ2v) is 4.37. The summed E-state index contributed by atoms with van der Waals surface area (Å²) in [7, 11) is 0. The molecular formula is C16H16O2. The predicted molar refractivity (Wildman–Crippen MR) is 71.1 cm³/mol. The van der Waals surface area contributed by atoms with E-state index in [9.17, 15) is 4.79 Å². The molecule has 2 heteroatoms. The fourth-order valence-electron chi connectivity index (χ4n) is 1.76. The summed E-state index contributed by atoms with van der Waals surface area (Å²) in [5.41, 5.74) is 1.04. The Balaban J connectivity index is 2.12. The Bertz CT molecular complexity index is 493. The van der Waals surface area contributed by atoms with Crippen molar-refractivity contribution in [2.24, 2.45) is 0 Å². The van der Waals surface area contributed by atoms with Gasteiger partial charge in [0.15, 0.2) is 6.29 Å². The van der Waals surface area contributed by atoms with E-state index in [0.717, 1.165) is 17.4 Å². The normalized spacial score (nSPS) is 13.8. The highest BCUT2D eigenvalue weighted by molar-refractivity contribution is 5.65. The van der Waals surface area contributed by atoms with Crippen molar-refractivity contribution in [1.29, 1.82) is 0 Å². The van der Waals surface area contributed by atoms with Crippen LogP contribution in [0.2, 0.25) is 0 Å². The Morgan fingerprint density at radius 1 is 1.00 bits per heavy atom. The van der Waals surface area contributed by atoms with E-state index in [4.69, 9.17) is 4.74 Å². The van der Waals surface area contributed by atoms with E-state index < -0.39 is 5.60 Å². The molecular weight excluding hydrogens is 224 g/mol. The first-order valence-electron chi connectivity index (χ1n) is 5.94. The maximum Gasteiger partial charge on any atom is 0.156 e. The number of hydrogen-bond donors (Lipinski definition) is 0. The number of benzene rings is 2. The Kier molecular flexibility index (Phi) is 3.90. The van der Waals surface area contributed by atoms with Crippen molar-refractivity contribution in [1.82, 2.24) is 0 Å². The molecule has 0 radical (unpaired) electrons. The molecule has 0 saturated heterocycles. The van der Waals surface area contributed by atoms with Gasteiger partial charge in [-0.1, -0.05) is 60.7 Å². The lowest BCUT2D eigenvalue weighted by Crippen LogP contribution is -2.27. The number of rotatable bonds is 5. The fraction of sp³-hybridized carbons (Fsp3) is 0.188. The van der Waals surface area contributed by atoms with Crippen LogP contribution < -0.4 is 0 Å². The van der Waals surface area contributed by atoms with Crippen molar-refractivity contribution in [3.05, 3.63) is 71.8 Å². The largest absolute Gasteiger partial charge is 0.358 e. The molecule has 0 heterocycles. The van der Waals surface area contributed by atoms with E-state index in [1.165, 1.54) is 0 Å². The van der Waals surface area contributed by atoms with Crippen molar-refractivity contribution in [3.8, 4) is 0 Å². The van der Waals surface area contributed by atoms with Gasteiger partial charge in [0, 0.05) is 0 Å². The van der Waals surface area contributed by atoms with Crippen molar-refractivity contribution < 1.29 is 9.53 Å². The summed E-state index contributed by atoms with van der Waals surface area (Å²) >= 11 is 0. The molecule has 2 aromatic rings. The second kappa shape index (κ2) is 5.61. The van der Waals surface area contributed by atoms with Crippen LogP contribution in [0, 0.1) is 0 Å². The Hall–Kier alpha value is -1.93. The smallest absolute Gasteiger partial charge is 0.156 e. The molecule has 0 fully saturated rings. The van der Waals surface area contributed by atoms with Gasteiger partial charge >= 0.3 is 0 Å². The monoisotopic (exact) mass is 240 g/mol. The van der Waals surface area contributed by atoms with Gasteiger partial charge in [0.1, 0.15) is 5.60 Å². The van der Waals surface area contributed by atoms with Gasteiger partial charge in [0.25, 0.3) is 0 Å². The minimum atomic E-state index is -0.892. The highest BCUT2D eigenvalue weighted by Gasteiger charge is 2.26. The molecule has 0 spiro atoms. The van der Waals surface area contributed by atoms with Gasteiger partial charge in [-0.2, -0.15) is 0 Å². The predicted octanol–water partition coefficient (Wildman–Crippen LogP) is 3.32. The van der Waals surface area contributed by atoms with E-state index in [2.05, 4.69) is 0 Å². The third-order valence-electron chi connectivity index (χ3n) is 2.95. The summed E-state index contributed by atoms with van der Waals surface area (Å²) in [4.78, 5) is 11.3. The van der Waals surface area contributed by atoms with E-state index in [1.54, 1.807) is 6.92 Å². The summed E-state index contributed by atoms with van der Waals surface area (Å²) in [6.45, 7) is 2.21. The third kappa shape index (κ3) is 2.84. The van der Waals surface area contributed by atoms with Gasteiger partial charge in [0.05, 0.1) is 6.61 Å². The van der Waals surface area contributed by atoms with Crippen molar-refractivity contribution in [2.75, 3.05) is 0 Å². The fourth-order valence-corrected chi connectivity index (χ4v) is 1.76. The molecule has 92 valence electrons. The molecule has 0 saturated carbocycles. The summed E-state index contributed by atoms with van der Waals surface area (Å²) < 4.78 is 5.78. The maximum atomic E-state index is 11.3. The van der Waals surface area contributed by atoms with Crippen LogP contribution >= 0.6 is 0 Å². The topological polar surface area (TPSA) is 26.3 Å². The van der Waals surface area contributed by atoms with Gasteiger partial charge in [-0.25, -0.2) is 0 Å². The molecule has 0 aliphatic rings. The van der Waals surface area contributed by atoms with E-state index in [0.29, 0.717) is 6.61 Å². The first kappa shape index (κ1) is 12.5. The quantitative estimate of drug-likeness (QED) is 0.749. The van der Waals surface area contributed by atoms with E-state index in [1.807, 2.05) is 60.7 Å². The zero-order valence-corrected chi connectivity index (χ0v) is 10.4. The van der Waals surface area contributed by atoms with Crippen LogP contribution in [0.25, 0.3) is 0 Å². The van der Waals surface area contributed by atoms with Crippen LogP contribution in [0.5, 0.6) is 0 Å². The first-order valence-corrected chi connectivity index (χ1v) is 5.94. The highest BCUT2D eigenvalue weighted by atomic mass is 16.5. The minimum Gasteiger partial charge on any atom is -0.358 e. The van der Waals surface area contributed by atoms with Crippen LogP contribution in [0.15, 0.2) is 60.7 Å². The summed E-state index contributed by atoms with van der Waals surface area (Å²) in [5.74, 6) is 0. The van der Waals surface area contributed by atoms with Crippen LogP contribution in [0.1, 0.15) is 18.1 Å². The van der Waals surface area contributed by atoms with E-state index >= 15 is 0 Å². The van der Waals surface area contributed by atoms with Crippen LogP contribution in [-0.4, -0.2) is 6.29 Å². The second-order valence-electron chi connectivity index (χ2n) is 4.37. The van der Waals surface area contributed by atoms with Gasteiger partial charge in [-0.15, -0.1) is 0 Å². The highest BCUT2D eigenvalue weighted by Crippen LogP contribution is 2.24. The molecule has 1 atom stereocenters. The summed E-state index contributed by atoms with van der Waals surface area (Å²) in [6, 6.07) is 19.4. The lowest BCUT2D eigenvalue weighted by Gasteiger charge is -2.24. The molecule has 0 unspecified atom stereocenters. The molecule has 2 nitrogen and oxygen atoms in total. The third-order valence-corrected chi connectivity index (χ3v) is 2.95. The van der Waals surface area contributed by atoms with Crippen molar-refractivity contribution in [3.63, 3.8) is 0 Å². The molecule has 0 amide bonds. The van der Waals surface area contributed by atoms with Crippen LogP contribution in [-0.2, 0) is 21.7 Å². The number of hydrogen-bond acceptors (Lipinski definition) is 2. The number of ether oxygens (including phenoxy) is 1. The van der Waals surface area contributed by atoms with Crippen molar-refractivity contribution >= 4 is 6.29 Å². The van der Waals surface area contributed by atoms with Gasteiger partial charge in [0.2, 0.25) is 0 Å². The Labute approximate surface area is 107 Å². The molecule has 0 bridgehead atoms. The van der Waals surface area contributed by atoms with Gasteiger partial charge in [-0.05, 0) is 18.1 Å². The molecule has 0 aliphatic carbocycles. The lowest BCUT2D eigenvalue weighted by molar-refractivity contribution is -0.132. The standard InChI is InChI=1S/C16H16O2/c1-16(13-17,15-10-6-3-7-11-15)18-12-14-8-4-2-5-9-14/h2-11,13H,12H2,1H3/t16-/m1/s1. The average Bonchev–Trinajstić information content (AvgIpc) is 2.47. The zero-order chi connectivity index (χ0) is 12.8. The SMILES string of the molecule is C[C@](C=O)(OCc1ccccc1)c1ccccc1. The Morgan fingerprint density at radius 2 is 1.56 bits per heavy atom. The molecule has 0 aliphatic heterocycles. The van der Waals surface area contributed by atoms with Gasteiger partial charge in [-0.3, -0.25) is 4.79 Å². The number of carbonyl (C=O) groups excluding carboxylic acids is 1. The Morgan fingerprint density at radius 3 is 2.11 bits per heavy atom. The average molecular weight is 240 g/mol. The number of aldehydes is 1. The summed E-state index contributed by atoms with van der Waals surface area (Å²) in [6.07, 6.45) is 0.852. The molecule has 2 aromatic carbocycles. The number of carbonyl (C=O) groups is 1. The molecule has 0 aromatic heterocycles. The summed E-state index contributed by atoms with van der Waals surface area (Å²) in [5, 5.41) is 0. The van der Waals surface area contributed by atoms with Crippen LogP contribution in [0.4, 0.5) is 0 Å². The first-order chi connectivity index (χ1) is 8.74. The maximum absolute atomic E-state index is 11.3. The molecule has 18 heavy (non-hydrogen) atoms. The molecule has 2 rings (SSSR count). The molecule has 0 N–H and O–H groups in total. The van der Waals surface area contributed by atoms with E-state index in [-0.39, 0.29) is 0 Å². The van der Waals surface area contributed by atoms with Crippen molar-refractivity contribution in [2.45, 2.75) is 19.1 Å². The van der Waals surface area contributed by atoms with Gasteiger partial charge < -0.3 is 4.74 Å². The zero-order valence-electron chi connectivity index (χ0n) is 10.4.